The van der Waals surface area contributed by atoms with E-state index in [4.69, 9.17) is 0 Å². The summed E-state index contributed by atoms with van der Waals surface area (Å²) < 4.78 is 0. The Bertz CT molecular complexity index is 1770. The second-order valence-corrected chi connectivity index (χ2v) is 15.0. The lowest BCUT2D eigenvalue weighted by Gasteiger charge is -2.59. The first-order valence-corrected chi connectivity index (χ1v) is 16.6. The Morgan fingerprint density at radius 3 is 0.783 bits per heavy atom. The van der Waals surface area contributed by atoms with E-state index in [1.807, 2.05) is 0 Å². The highest BCUT2D eigenvalue weighted by Crippen LogP contribution is 2.65. The summed E-state index contributed by atoms with van der Waals surface area (Å²) in [4.78, 5) is 0. The van der Waals surface area contributed by atoms with Gasteiger partial charge in [-0.25, -0.2) is 0 Å². The Morgan fingerprint density at radius 2 is 0.522 bits per heavy atom. The molecule has 0 heteroatoms. The molecular weight excluding hydrogens is 553 g/mol. The van der Waals surface area contributed by atoms with E-state index in [0.717, 1.165) is 0 Å². The third-order valence-electron chi connectivity index (χ3n) is 10.6. The molecule has 0 heterocycles. The molecule has 46 heavy (non-hydrogen) atoms. The zero-order chi connectivity index (χ0) is 32.2. The van der Waals surface area contributed by atoms with Crippen molar-refractivity contribution >= 4 is 0 Å². The number of hydrogen-bond acceptors (Lipinski definition) is 0. The Morgan fingerprint density at radius 1 is 0.283 bits per heavy atom. The molecule has 0 nitrogen and oxygen atoms in total. The number of benzene rings is 6. The monoisotopic (exact) mass is 596 g/mol. The average molecular weight is 597 g/mol. The first-order chi connectivity index (χ1) is 22.1. The van der Waals surface area contributed by atoms with Crippen molar-refractivity contribution in [1.29, 1.82) is 0 Å². The quantitative estimate of drug-likeness (QED) is 0.190. The molecule has 0 saturated heterocycles. The molecule has 1 aliphatic rings. The molecule has 0 bridgehead atoms. The van der Waals surface area contributed by atoms with Crippen LogP contribution in [0.15, 0.2) is 158 Å². The normalized spacial score (nSPS) is 19.3. The van der Waals surface area contributed by atoms with Crippen LogP contribution >= 0.6 is 0 Å². The standard InChI is InChI=1S/C46H44/c1-43(2,3)45(37-29-25-35(26-30-37)33-17-9-7-10-18-33)39-21-13-15-23-41(39)46(44(4,5)6,42-24-16-14-22-40(42)45)38-31-27-36(28-32-38)34-19-11-8-12-20-34/h7-32H,1-6H3. The lowest BCUT2D eigenvalue weighted by Crippen LogP contribution is -2.54. The number of fused-ring (bicyclic) bond motifs is 2. The molecule has 1 aliphatic carbocycles. The van der Waals surface area contributed by atoms with Crippen LogP contribution in [0.5, 0.6) is 0 Å². The van der Waals surface area contributed by atoms with Gasteiger partial charge >= 0.3 is 0 Å². The molecule has 0 atom stereocenters. The SMILES string of the molecule is CC(C)(C)C1(c2ccc(-c3ccccc3)cc2)c2ccccc2C(c2ccc(-c3ccccc3)cc2)(C(C)(C)C)c2ccccc21. The molecule has 7 rings (SSSR count). The smallest absolute Gasteiger partial charge is 0.0505 e. The lowest BCUT2D eigenvalue weighted by molar-refractivity contribution is 0.220. The van der Waals surface area contributed by atoms with E-state index in [0.29, 0.717) is 0 Å². The molecule has 0 aliphatic heterocycles. The first-order valence-electron chi connectivity index (χ1n) is 16.6. The van der Waals surface area contributed by atoms with Gasteiger partial charge in [-0.1, -0.05) is 199 Å². The zero-order valence-electron chi connectivity index (χ0n) is 28.0. The van der Waals surface area contributed by atoms with E-state index in [-0.39, 0.29) is 21.7 Å². The van der Waals surface area contributed by atoms with E-state index in [9.17, 15) is 0 Å². The molecule has 0 saturated carbocycles. The van der Waals surface area contributed by atoms with Crippen molar-refractivity contribution in [2.75, 3.05) is 0 Å². The number of hydrogen-bond donors (Lipinski definition) is 0. The van der Waals surface area contributed by atoms with E-state index >= 15 is 0 Å². The number of rotatable bonds is 4. The zero-order valence-corrected chi connectivity index (χ0v) is 28.0. The van der Waals surface area contributed by atoms with Crippen molar-refractivity contribution in [1.82, 2.24) is 0 Å². The van der Waals surface area contributed by atoms with Crippen LogP contribution in [0.1, 0.15) is 74.9 Å². The van der Waals surface area contributed by atoms with Crippen molar-refractivity contribution in [3.05, 3.63) is 191 Å². The molecule has 0 unspecified atom stereocenters. The minimum Gasteiger partial charge on any atom is -0.0622 e. The highest BCUT2D eigenvalue weighted by Gasteiger charge is 2.59. The van der Waals surface area contributed by atoms with E-state index in [1.165, 1.54) is 55.6 Å². The predicted octanol–water partition coefficient (Wildman–Crippen LogP) is 12.1. The van der Waals surface area contributed by atoms with Gasteiger partial charge in [0.05, 0.1) is 10.8 Å². The van der Waals surface area contributed by atoms with Crippen LogP contribution in [0.3, 0.4) is 0 Å². The van der Waals surface area contributed by atoms with Gasteiger partial charge in [-0.3, -0.25) is 0 Å². The van der Waals surface area contributed by atoms with Gasteiger partial charge in [0.1, 0.15) is 0 Å². The van der Waals surface area contributed by atoms with Crippen molar-refractivity contribution in [2.45, 2.75) is 52.4 Å². The maximum absolute atomic E-state index is 2.42. The van der Waals surface area contributed by atoms with Crippen LogP contribution in [-0.2, 0) is 10.8 Å². The van der Waals surface area contributed by atoms with Crippen LogP contribution < -0.4 is 0 Å². The third-order valence-corrected chi connectivity index (χ3v) is 10.6. The van der Waals surface area contributed by atoms with Gasteiger partial charge in [0, 0.05) is 0 Å². The molecule has 0 N–H and O–H groups in total. The maximum Gasteiger partial charge on any atom is 0.0505 e. The second-order valence-electron chi connectivity index (χ2n) is 15.0. The predicted molar refractivity (Wildman–Crippen MR) is 195 cm³/mol. The minimum atomic E-state index is -0.367. The summed E-state index contributed by atoms with van der Waals surface area (Å²) in [6, 6.07) is 58.9. The van der Waals surface area contributed by atoms with Gasteiger partial charge in [-0.15, -0.1) is 0 Å². The summed E-state index contributed by atoms with van der Waals surface area (Å²) in [5, 5.41) is 0. The Kier molecular flexibility index (Phi) is 7.17. The summed E-state index contributed by atoms with van der Waals surface area (Å²) in [7, 11) is 0. The van der Waals surface area contributed by atoms with Crippen LogP contribution in [0.25, 0.3) is 22.3 Å². The molecule has 6 aromatic carbocycles. The van der Waals surface area contributed by atoms with Gasteiger partial charge in [0.2, 0.25) is 0 Å². The van der Waals surface area contributed by atoms with Crippen LogP contribution in [0.2, 0.25) is 0 Å². The maximum atomic E-state index is 2.42. The van der Waals surface area contributed by atoms with Crippen molar-refractivity contribution in [2.24, 2.45) is 10.8 Å². The van der Waals surface area contributed by atoms with Crippen molar-refractivity contribution in [3.63, 3.8) is 0 Å². The molecule has 228 valence electrons. The Labute approximate surface area is 275 Å². The van der Waals surface area contributed by atoms with Gasteiger partial charge < -0.3 is 0 Å². The largest absolute Gasteiger partial charge is 0.0622 e. The molecular formula is C46H44. The van der Waals surface area contributed by atoms with Crippen LogP contribution in [-0.4, -0.2) is 0 Å². The van der Waals surface area contributed by atoms with Crippen molar-refractivity contribution < 1.29 is 0 Å². The molecule has 6 aromatic rings. The Balaban J connectivity index is 1.53. The van der Waals surface area contributed by atoms with Gasteiger partial charge in [-0.2, -0.15) is 0 Å². The highest BCUT2D eigenvalue weighted by atomic mass is 14.6. The molecule has 0 aromatic heterocycles. The van der Waals surface area contributed by atoms with Gasteiger partial charge in [0.15, 0.2) is 0 Å². The summed E-state index contributed by atoms with van der Waals surface area (Å²) in [5.74, 6) is 0. The molecule has 0 radical (unpaired) electrons. The molecule has 0 spiro atoms. The molecule has 0 amide bonds. The Hall–Kier alpha value is -4.68. The van der Waals surface area contributed by atoms with Crippen LogP contribution in [0, 0.1) is 10.8 Å². The fourth-order valence-electron chi connectivity index (χ4n) is 8.76. The topological polar surface area (TPSA) is 0 Å². The summed E-state index contributed by atoms with van der Waals surface area (Å²) in [5.41, 5.74) is 12.2. The summed E-state index contributed by atoms with van der Waals surface area (Å²) in [6.07, 6.45) is 0. The average Bonchev–Trinajstić information content (AvgIpc) is 3.07. The van der Waals surface area contributed by atoms with Crippen LogP contribution in [0.4, 0.5) is 0 Å². The second kappa shape index (κ2) is 11.0. The minimum absolute atomic E-state index is 0.130. The molecule has 0 fully saturated rings. The van der Waals surface area contributed by atoms with Crippen molar-refractivity contribution in [3.8, 4) is 22.3 Å². The first kappa shape index (κ1) is 30.0. The fraction of sp³-hybridized carbons (Fsp3) is 0.217. The fourth-order valence-corrected chi connectivity index (χ4v) is 8.76. The van der Waals surface area contributed by atoms with Gasteiger partial charge in [-0.05, 0) is 66.5 Å². The summed E-state index contributed by atoms with van der Waals surface area (Å²) in [6.45, 7) is 14.5. The summed E-state index contributed by atoms with van der Waals surface area (Å²) >= 11 is 0. The lowest BCUT2D eigenvalue weighted by atomic mass is 9.43. The third kappa shape index (κ3) is 4.34. The van der Waals surface area contributed by atoms with E-state index < -0.39 is 0 Å². The van der Waals surface area contributed by atoms with E-state index in [2.05, 4.69) is 199 Å². The highest BCUT2D eigenvalue weighted by molar-refractivity contribution is 5.73. The van der Waals surface area contributed by atoms with E-state index in [1.54, 1.807) is 0 Å². The van der Waals surface area contributed by atoms with Gasteiger partial charge in [0.25, 0.3) is 0 Å².